The highest BCUT2D eigenvalue weighted by molar-refractivity contribution is 7.80. The summed E-state index contributed by atoms with van der Waals surface area (Å²) in [5.41, 5.74) is 6.47. The first kappa shape index (κ1) is 22.3. The first-order valence-corrected chi connectivity index (χ1v) is 9.74. The van der Waals surface area contributed by atoms with Gasteiger partial charge in [0.15, 0.2) is 5.11 Å². The molecule has 0 aliphatic heterocycles. The van der Waals surface area contributed by atoms with Crippen molar-refractivity contribution in [1.82, 2.24) is 16.2 Å². The molecule has 0 fully saturated rings. The van der Waals surface area contributed by atoms with E-state index in [0.29, 0.717) is 44.0 Å². The molecule has 8 heteroatoms. The van der Waals surface area contributed by atoms with Gasteiger partial charge in [0.2, 0.25) is 5.91 Å². The number of nitrogens with one attached hydrogen (secondary N) is 3. The molecule has 0 aliphatic rings. The Balaban J connectivity index is 1.72. The topological polar surface area (TPSA) is 88.7 Å². The SMILES string of the molecule is CCOCCOc1cccc(C(=O)NC(=S)NNC(=O)CCc2ccccc2)c1. The minimum absolute atomic E-state index is 0.00530. The maximum absolute atomic E-state index is 12.3. The van der Waals surface area contributed by atoms with E-state index in [-0.39, 0.29) is 11.0 Å². The molecule has 3 N–H and O–H groups in total. The van der Waals surface area contributed by atoms with Crippen molar-refractivity contribution in [3.63, 3.8) is 0 Å². The quantitative estimate of drug-likeness (QED) is 0.331. The van der Waals surface area contributed by atoms with Crippen LogP contribution in [0, 0.1) is 0 Å². The number of aryl methyl sites for hydroxylation is 1. The van der Waals surface area contributed by atoms with E-state index in [9.17, 15) is 9.59 Å². The van der Waals surface area contributed by atoms with Crippen molar-refractivity contribution >= 4 is 29.1 Å². The van der Waals surface area contributed by atoms with Crippen LogP contribution in [-0.2, 0) is 16.0 Å². The molecule has 154 valence electrons. The zero-order valence-electron chi connectivity index (χ0n) is 16.3. The number of hydrazine groups is 1. The second kappa shape index (κ2) is 12.5. The van der Waals surface area contributed by atoms with Gasteiger partial charge >= 0.3 is 0 Å². The monoisotopic (exact) mass is 415 g/mol. The zero-order valence-corrected chi connectivity index (χ0v) is 17.1. The van der Waals surface area contributed by atoms with E-state index in [1.54, 1.807) is 24.3 Å². The van der Waals surface area contributed by atoms with Gasteiger partial charge in [-0.05, 0) is 49.3 Å². The van der Waals surface area contributed by atoms with Crippen LogP contribution in [0.2, 0.25) is 0 Å². The number of benzene rings is 2. The van der Waals surface area contributed by atoms with Gasteiger partial charge in [-0.2, -0.15) is 0 Å². The lowest BCUT2D eigenvalue weighted by molar-refractivity contribution is -0.121. The number of amides is 2. The summed E-state index contributed by atoms with van der Waals surface area (Å²) in [6, 6.07) is 16.4. The van der Waals surface area contributed by atoms with E-state index < -0.39 is 5.91 Å². The Hall–Kier alpha value is -2.97. The van der Waals surface area contributed by atoms with Crippen molar-refractivity contribution in [2.45, 2.75) is 19.8 Å². The third-order valence-electron chi connectivity index (χ3n) is 3.82. The molecule has 0 bridgehead atoms. The van der Waals surface area contributed by atoms with Crippen molar-refractivity contribution in [3.8, 4) is 5.75 Å². The molecule has 2 rings (SSSR count). The largest absolute Gasteiger partial charge is 0.491 e. The van der Waals surface area contributed by atoms with Gasteiger partial charge in [-0.15, -0.1) is 0 Å². The molecule has 0 atom stereocenters. The summed E-state index contributed by atoms with van der Waals surface area (Å²) in [7, 11) is 0. The first-order chi connectivity index (χ1) is 14.1. The molecule has 2 amide bonds. The molecule has 0 heterocycles. The van der Waals surface area contributed by atoms with E-state index >= 15 is 0 Å². The van der Waals surface area contributed by atoms with Gasteiger partial charge in [-0.1, -0.05) is 36.4 Å². The van der Waals surface area contributed by atoms with Crippen LogP contribution >= 0.6 is 12.2 Å². The minimum Gasteiger partial charge on any atom is -0.491 e. The lowest BCUT2D eigenvalue weighted by atomic mass is 10.1. The Morgan fingerprint density at radius 2 is 1.79 bits per heavy atom. The smallest absolute Gasteiger partial charge is 0.257 e. The van der Waals surface area contributed by atoms with E-state index in [1.165, 1.54) is 0 Å². The summed E-state index contributed by atoms with van der Waals surface area (Å²) in [5.74, 6) is -0.0723. The molecule has 0 spiro atoms. The highest BCUT2D eigenvalue weighted by atomic mass is 32.1. The molecule has 0 radical (unpaired) electrons. The molecule has 0 aliphatic carbocycles. The fraction of sp³-hybridized carbons (Fsp3) is 0.286. The summed E-state index contributed by atoms with van der Waals surface area (Å²) < 4.78 is 10.7. The second-order valence-electron chi connectivity index (χ2n) is 6.02. The molecule has 2 aromatic carbocycles. The summed E-state index contributed by atoms with van der Waals surface area (Å²) in [5, 5.41) is 2.52. The third kappa shape index (κ3) is 8.71. The van der Waals surface area contributed by atoms with Crippen LogP contribution in [0.4, 0.5) is 0 Å². The number of carbonyl (C=O) groups excluding carboxylic acids is 2. The molecule has 29 heavy (non-hydrogen) atoms. The molecule has 7 nitrogen and oxygen atoms in total. The van der Waals surface area contributed by atoms with Crippen LogP contribution in [0.5, 0.6) is 5.75 Å². The van der Waals surface area contributed by atoms with Crippen molar-refractivity contribution in [1.29, 1.82) is 0 Å². The molecule has 0 saturated carbocycles. The Bertz CT molecular complexity index is 815. The number of ether oxygens (including phenoxy) is 2. The number of carbonyl (C=O) groups is 2. The second-order valence-corrected chi connectivity index (χ2v) is 6.42. The van der Waals surface area contributed by atoms with Crippen molar-refractivity contribution < 1.29 is 19.1 Å². The minimum atomic E-state index is -0.406. The molecule has 0 aromatic heterocycles. The number of hydrogen-bond acceptors (Lipinski definition) is 5. The van der Waals surface area contributed by atoms with Crippen LogP contribution in [-0.4, -0.2) is 36.7 Å². The van der Waals surface area contributed by atoms with Gasteiger partial charge in [0, 0.05) is 18.6 Å². The van der Waals surface area contributed by atoms with Crippen LogP contribution in [0.15, 0.2) is 54.6 Å². The van der Waals surface area contributed by atoms with Crippen molar-refractivity contribution in [2.75, 3.05) is 19.8 Å². The van der Waals surface area contributed by atoms with Crippen LogP contribution in [0.25, 0.3) is 0 Å². The van der Waals surface area contributed by atoms with Gasteiger partial charge in [0.05, 0.1) is 6.61 Å². The average Bonchev–Trinajstić information content (AvgIpc) is 2.75. The molecule has 0 saturated heterocycles. The van der Waals surface area contributed by atoms with E-state index in [0.717, 1.165) is 5.56 Å². The third-order valence-corrected chi connectivity index (χ3v) is 4.03. The summed E-state index contributed by atoms with van der Waals surface area (Å²) in [4.78, 5) is 24.2. The Morgan fingerprint density at radius 3 is 2.55 bits per heavy atom. The summed E-state index contributed by atoms with van der Waals surface area (Å²) in [6.45, 7) is 3.41. The van der Waals surface area contributed by atoms with Crippen LogP contribution in [0.1, 0.15) is 29.3 Å². The predicted octanol–water partition coefficient (Wildman–Crippen LogP) is 2.37. The van der Waals surface area contributed by atoms with Gasteiger partial charge in [-0.3, -0.25) is 25.8 Å². The normalized spacial score (nSPS) is 10.1. The average molecular weight is 416 g/mol. The molecular formula is C21H25N3O4S. The Morgan fingerprint density at radius 1 is 1.00 bits per heavy atom. The van der Waals surface area contributed by atoms with Crippen molar-refractivity contribution in [3.05, 3.63) is 65.7 Å². The number of hydrogen-bond donors (Lipinski definition) is 3. The fourth-order valence-electron chi connectivity index (χ4n) is 2.39. The molecule has 0 unspecified atom stereocenters. The Labute approximate surface area is 175 Å². The van der Waals surface area contributed by atoms with Gasteiger partial charge < -0.3 is 9.47 Å². The number of thiocarbonyl (C=S) groups is 1. The molecular weight excluding hydrogens is 390 g/mol. The van der Waals surface area contributed by atoms with E-state index in [2.05, 4.69) is 16.2 Å². The van der Waals surface area contributed by atoms with Gasteiger partial charge in [0.1, 0.15) is 12.4 Å². The van der Waals surface area contributed by atoms with Gasteiger partial charge in [-0.25, -0.2) is 0 Å². The van der Waals surface area contributed by atoms with Crippen LogP contribution in [0.3, 0.4) is 0 Å². The van der Waals surface area contributed by atoms with Crippen molar-refractivity contribution in [2.24, 2.45) is 0 Å². The first-order valence-electron chi connectivity index (χ1n) is 9.33. The summed E-state index contributed by atoms with van der Waals surface area (Å²) in [6.07, 6.45) is 0.915. The lowest BCUT2D eigenvalue weighted by Crippen LogP contribution is -2.48. The highest BCUT2D eigenvalue weighted by Crippen LogP contribution is 2.13. The van der Waals surface area contributed by atoms with E-state index in [1.807, 2.05) is 37.3 Å². The van der Waals surface area contributed by atoms with E-state index in [4.69, 9.17) is 21.7 Å². The maximum Gasteiger partial charge on any atom is 0.257 e. The molecule has 2 aromatic rings. The predicted molar refractivity (Wildman–Crippen MR) is 115 cm³/mol. The lowest BCUT2D eigenvalue weighted by Gasteiger charge is -2.12. The fourth-order valence-corrected chi connectivity index (χ4v) is 2.53. The number of rotatable bonds is 9. The zero-order chi connectivity index (χ0) is 20.9. The standard InChI is InChI=1S/C21H25N3O4S/c1-2-27-13-14-28-18-10-6-9-17(15-18)20(26)22-21(29)24-23-19(25)12-11-16-7-4-3-5-8-16/h3-10,15H,2,11-14H2,1H3,(H,23,25)(H2,22,24,26,29). The van der Waals surface area contributed by atoms with Crippen LogP contribution < -0.4 is 20.9 Å². The van der Waals surface area contributed by atoms with Gasteiger partial charge in [0.25, 0.3) is 5.91 Å². The highest BCUT2D eigenvalue weighted by Gasteiger charge is 2.10. The Kier molecular flexibility index (Phi) is 9.61. The maximum atomic E-state index is 12.3. The summed E-state index contributed by atoms with van der Waals surface area (Å²) >= 11 is 5.05.